The highest BCUT2D eigenvalue weighted by Crippen LogP contribution is 2.36. The number of hydrogen-bond acceptors (Lipinski definition) is 3. The number of piperidine rings is 3. The first-order valence-electron chi connectivity index (χ1n) is 9.65. The van der Waals surface area contributed by atoms with Gasteiger partial charge in [-0.05, 0) is 30.3 Å². The van der Waals surface area contributed by atoms with Gasteiger partial charge in [-0.3, -0.25) is 4.90 Å². The first-order valence-corrected chi connectivity index (χ1v) is 9.65. The molecular formula is C22H27N2O3+. The second-order valence-corrected chi connectivity index (χ2v) is 7.76. The zero-order chi connectivity index (χ0) is 18.9. The van der Waals surface area contributed by atoms with Crippen LogP contribution in [-0.2, 0) is 4.74 Å². The maximum atomic E-state index is 12.9. The van der Waals surface area contributed by atoms with Crippen LogP contribution in [0.5, 0.6) is 0 Å². The summed E-state index contributed by atoms with van der Waals surface area (Å²) in [5, 5.41) is 0. The van der Waals surface area contributed by atoms with E-state index in [2.05, 4.69) is 6.58 Å². The third kappa shape index (κ3) is 3.39. The van der Waals surface area contributed by atoms with Gasteiger partial charge in [-0.25, -0.2) is 4.79 Å². The third-order valence-corrected chi connectivity index (χ3v) is 6.14. The van der Waals surface area contributed by atoms with E-state index in [-0.39, 0.29) is 12.2 Å². The molecule has 5 nitrogen and oxygen atoms in total. The van der Waals surface area contributed by atoms with Gasteiger partial charge >= 0.3 is 6.09 Å². The van der Waals surface area contributed by atoms with E-state index in [0.29, 0.717) is 5.92 Å². The standard InChI is InChI=1S/C22H27N2O3/c1-3-12-24-13-10-17(11-14-24)21(16-24)27-22(25)23(2)19-8-5-4-7-18(19)20-9-6-15-26-20/h3-9,15,17,21H,1,10-14,16H2,2H3/q+1/t17?,21-,24?/m0/s1. The van der Waals surface area contributed by atoms with Crippen LogP contribution in [0.4, 0.5) is 10.5 Å². The number of carbonyl (C=O) groups excluding carboxylic acids is 1. The number of hydrogen-bond donors (Lipinski definition) is 0. The molecule has 0 spiro atoms. The van der Waals surface area contributed by atoms with E-state index < -0.39 is 0 Å². The van der Waals surface area contributed by atoms with Gasteiger partial charge in [0, 0.05) is 31.4 Å². The minimum atomic E-state index is -0.301. The van der Waals surface area contributed by atoms with Crippen molar-refractivity contribution < 1.29 is 18.4 Å². The molecule has 3 saturated heterocycles. The van der Waals surface area contributed by atoms with Crippen LogP contribution in [0.15, 0.2) is 59.7 Å². The molecule has 1 atom stereocenters. The number of rotatable bonds is 5. The smallest absolute Gasteiger partial charge is 0.414 e. The molecule has 3 aliphatic rings. The van der Waals surface area contributed by atoms with Gasteiger partial charge in [-0.15, -0.1) is 0 Å². The fourth-order valence-electron chi connectivity index (χ4n) is 4.60. The summed E-state index contributed by atoms with van der Waals surface area (Å²) in [7, 11) is 1.76. The molecule has 1 aromatic carbocycles. The van der Waals surface area contributed by atoms with Crippen molar-refractivity contribution >= 4 is 11.8 Å². The Morgan fingerprint density at radius 1 is 1.30 bits per heavy atom. The van der Waals surface area contributed by atoms with E-state index in [4.69, 9.17) is 9.15 Å². The molecule has 0 N–H and O–H groups in total. The van der Waals surface area contributed by atoms with E-state index in [1.54, 1.807) is 18.2 Å². The SMILES string of the molecule is C=CC[N+]12CCC(CC1)[C@@H](OC(=O)N(C)c1ccccc1-c1ccco1)C2. The number of nitrogens with zero attached hydrogens (tertiary/aromatic N) is 2. The lowest BCUT2D eigenvalue weighted by molar-refractivity contribution is -0.941. The van der Waals surface area contributed by atoms with Crippen molar-refractivity contribution in [2.45, 2.75) is 18.9 Å². The van der Waals surface area contributed by atoms with Crippen LogP contribution < -0.4 is 4.90 Å². The van der Waals surface area contributed by atoms with E-state index >= 15 is 0 Å². The summed E-state index contributed by atoms with van der Waals surface area (Å²) < 4.78 is 12.5. The molecule has 27 heavy (non-hydrogen) atoms. The van der Waals surface area contributed by atoms with Gasteiger partial charge in [0.05, 0.1) is 31.6 Å². The zero-order valence-electron chi connectivity index (χ0n) is 15.8. The van der Waals surface area contributed by atoms with Crippen LogP contribution in [0.2, 0.25) is 0 Å². The molecule has 5 rings (SSSR count). The summed E-state index contributed by atoms with van der Waals surface area (Å²) in [6, 6.07) is 11.5. The van der Waals surface area contributed by atoms with Gasteiger partial charge < -0.3 is 13.6 Å². The van der Waals surface area contributed by atoms with Crippen LogP contribution in [0.25, 0.3) is 11.3 Å². The summed E-state index contributed by atoms with van der Waals surface area (Å²) in [6.07, 6.45) is 5.57. The second-order valence-electron chi connectivity index (χ2n) is 7.76. The average Bonchev–Trinajstić information content (AvgIpc) is 3.23. The number of ether oxygens (including phenoxy) is 1. The van der Waals surface area contributed by atoms with E-state index in [0.717, 1.165) is 47.4 Å². The second kappa shape index (κ2) is 7.24. The maximum Gasteiger partial charge on any atom is 0.414 e. The molecule has 0 unspecified atom stereocenters. The van der Waals surface area contributed by atoms with Gasteiger partial charge in [0.2, 0.25) is 0 Å². The summed E-state index contributed by atoms with van der Waals surface area (Å²) in [4.78, 5) is 14.5. The molecule has 0 radical (unpaired) electrons. The Balaban J connectivity index is 1.50. The Labute approximate surface area is 160 Å². The molecular weight excluding hydrogens is 340 g/mol. The topological polar surface area (TPSA) is 42.7 Å². The number of furan rings is 1. The van der Waals surface area contributed by atoms with E-state index in [1.165, 1.54) is 13.1 Å². The Morgan fingerprint density at radius 3 is 2.78 bits per heavy atom. The van der Waals surface area contributed by atoms with Crippen molar-refractivity contribution in [3.63, 3.8) is 0 Å². The van der Waals surface area contributed by atoms with Crippen LogP contribution in [-0.4, -0.2) is 49.9 Å². The average molecular weight is 367 g/mol. The summed E-state index contributed by atoms with van der Waals surface area (Å²) in [5.41, 5.74) is 1.67. The lowest BCUT2D eigenvalue weighted by Crippen LogP contribution is -2.64. The summed E-state index contributed by atoms with van der Waals surface area (Å²) in [5.74, 6) is 1.22. The van der Waals surface area contributed by atoms with Crippen LogP contribution in [0, 0.1) is 5.92 Å². The van der Waals surface area contributed by atoms with Crippen molar-refractivity contribution in [3.05, 3.63) is 55.3 Å². The first kappa shape index (κ1) is 17.9. The fraction of sp³-hybridized carbons (Fsp3) is 0.409. The molecule has 4 heterocycles. The molecule has 1 aromatic heterocycles. The molecule has 2 aromatic rings. The first-order chi connectivity index (χ1) is 13.1. The monoisotopic (exact) mass is 367 g/mol. The molecule has 0 aliphatic carbocycles. The van der Waals surface area contributed by atoms with Crippen molar-refractivity contribution in [2.24, 2.45) is 5.92 Å². The number of anilines is 1. The Kier molecular flexibility index (Phi) is 4.79. The molecule has 3 aliphatic heterocycles. The highest BCUT2D eigenvalue weighted by Gasteiger charge is 2.47. The quantitative estimate of drug-likeness (QED) is 0.584. The van der Waals surface area contributed by atoms with Gasteiger partial charge in [-0.1, -0.05) is 18.7 Å². The molecule has 142 valence electrons. The minimum Gasteiger partial charge on any atom is -0.464 e. The maximum absolute atomic E-state index is 12.9. The largest absolute Gasteiger partial charge is 0.464 e. The summed E-state index contributed by atoms with van der Waals surface area (Å²) >= 11 is 0. The van der Waals surface area contributed by atoms with Gasteiger partial charge in [-0.2, -0.15) is 0 Å². The predicted octanol–water partition coefficient (Wildman–Crippen LogP) is 4.31. The Hall–Kier alpha value is -2.53. The highest BCUT2D eigenvalue weighted by molar-refractivity contribution is 5.92. The highest BCUT2D eigenvalue weighted by atomic mass is 16.6. The Bertz CT molecular complexity index is 807. The van der Waals surface area contributed by atoms with Crippen molar-refractivity contribution in [1.29, 1.82) is 0 Å². The number of quaternary nitrogens is 1. The summed E-state index contributed by atoms with van der Waals surface area (Å²) in [6.45, 7) is 8.10. The lowest BCUT2D eigenvalue weighted by Gasteiger charge is -2.51. The molecule has 0 saturated carbocycles. The number of fused-ring (bicyclic) bond motifs is 3. The van der Waals surface area contributed by atoms with Crippen molar-refractivity contribution in [2.75, 3.05) is 38.1 Å². The number of amides is 1. The minimum absolute atomic E-state index is 0.0156. The molecule has 5 heteroatoms. The Morgan fingerprint density at radius 2 is 2.07 bits per heavy atom. The fourth-order valence-corrected chi connectivity index (χ4v) is 4.60. The van der Waals surface area contributed by atoms with E-state index in [9.17, 15) is 4.79 Å². The van der Waals surface area contributed by atoms with Crippen molar-refractivity contribution in [1.82, 2.24) is 0 Å². The van der Waals surface area contributed by atoms with Crippen LogP contribution in [0.1, 0.15) is 12.8 Å². The lowest BCUT2D eigenvalue weighted by atomic mass is 9.83. The number of benzene rings is 1. The number of para-hydroxylation sites is 1. The van der Waals surface area contributed by atoms with E-state index in [1.807, 2.05) is 42.5 Å². The zero-order valence-corrected chi connectivity index (χ0v) is 15.8. The normalized spacial score (nSPS) is 26.6. The van der Waals surface area contributed by atoms with Crippen LogP contribution >= 0.6 is 0 Å². The molecule has 1 amide bonds. The third-order valence-electron chi connectivity index (χ3n) is 6.14. The molecule has 2 bridgehead atoms. The van der Waals surface area contributed by atoms with Gasteiger partial charge in [0.25, 0.3) is 0 Å². The van der Waals surface area contributed by atoms with Crippen molar-refractivity contribution in [3.8, 4) is 11.3 Å². The molecule has 3 fully saturated rings. The predicted molar refractivity (Wildman–Crippen MR) is 105 cm³/mol. The van der Waals surface area contributed by atoms with Gasteiger partial charge in [0.1, 0.15) is 12.3 Å². The van der Waals surface area contributed by atoms with Crippen LogP contribution in [0.3, 0.4) is 0 Å². The van der Waals surface area contributed by atoms with Gasteiger partial charge in [0.15, 0.2) is 6.10 Å². The number of carbonyl (C=O) groups is 1.